The minimum Gasteiger partial charge on any atom is -0.478 e. The quantitative estimate of drug-likeness (QED) is 0.419. The fraction of sp³-hybridized carbons (Fsp3) is 0.300. The van der Waals surface area contributed by atoms with E-state index >= 15 is 0 Å². The van der Waals surface area contributed by atoms with E-state index in [2.05, 4.69) is 6.58 Å². The predicted octanol–water partition coefficient (Wildman–Crippen LogP) is -0.670. The van der Waals surface area contributed by atoms with Crippen molar-refractivity contribution in [2.24, 2.45) is 0 Å². The minimum atomic E-state index is -1.26. The SMILES string of the molecule is C=C(C)C(=O)O.O=C(O)C=CC(=O)O.OCCO. The van der Waals surface area contributed by atoms with Crippen molar-refractivity contribution in [1.82, 2.24) is 0 Å². The molecule has 0 aliphatic rings. The van der Waals surface area contributed by atoms with Gasteiger partial charge >= 0.3 is 17.9 Å². The van der Waals surface area contributed by atoms with E-state index in [9.17, 15) is 14.4 Å². The van der Waals surface area contributed by atoms with Crippen LogP contribution in [0.2, 0.25) is 0 Å². The van der Waals surface area contributed by atoms with Gasteiger partial charge in [-0.05, 0) is 6.92 Å². The Balaban J connectivity index is -0.000000200. The summed E-state index contributed by atoms with van der Waals surface area (Å²) in [6, 6.07) is 0. The highest BCUT2D eigenvalue weighted by Gasteiger charge is 1.90. The zero-order chi connectivity index (χ0) is 15.1. The molecule has 0 unspecified atom stereocenters. The van der Waals surface area contributed by atoms with E-state index in [1.54, 1.807) is 0 Å². The third-order valence-corrected chi connectivity index (χ3v) is 0.834. The van der Waals surface area contributed by atoms with Crippen LogP contribution in [0.4, 0.5) is 0 Å². The molecule has 0 spiro atoms. The molecule has 0 aromatic heterocycles. The van der Waals surface area contributed by atoms with Crippen LogP contribution < -0.4 is 0 Å². The lowest BCUT2D eigenvalue weighted by molar-refractivity contribution is -0.134. The largest absolute Gasteiger partial charge is 0.478 e. The summed E-state index contributed by atoms with van der Waals surface area (Å²) in [6.45, 7) is 4.35. The van der Waals surface area contributed by atoms with Crippen LogP contribution in [0.5, 0.6) is 0 Å². The van der Waals surface area contributed by atoms with E-state index in [-0.39, 0.29) is 18.8 Å². The number of carbonyl (C=O) groups is 3. The van der Waals surface area contributed by atoms with Gasteiger partial charge in [-0.25, -0.2) is 14.4 Å². The lowest BCUT2D eigenvalue weighted by Gasteiger charge is -1.79. The summed E-state index contributed by atoms with van der Waals surface area (Å²) in [7, 11) is 0. The van der Waals surface area contributed by atoms with Crippen molar-refractivity contribution in [3.63, 3.8) is 0 Å². The monoisotopic (exact) mass is 264 g/mol. The highest BCUT2D eigenvalue weighted by molar-refractivity contribution is 5.89. The molecule has 0 saturated carbocycles. The van der Waals surface area contributed by atoms with Gasteiger partial charge in [0.25, 0.3) is 0 Å². The van der Waals surface area contributed by atoms with Crippen molar-refractivity contribution in [3.8, 4) is 0 Å². The summed E-state index contributed by atoms with van der Waals surface area (Å²) in [6.07, 6.45) is 1.12. The van der Waals surface area contributed by atoms with E-state index in [1.807, 2.05) is 0 Å². The summed E-state index contributed by atoms with van der Waals surface area (Å²) >= 11 is 0. The van der Waals surface area contributed by atoms with E-state index in [0.717, 1.165) is 0 Å². The second-order valence-electron chi connectivity index (χ2n) is 2.54. The van der Waals surface area contributed by atoms with Crippen molar-refractivity contribution in [1.29, 1.82) is 0 Å². The lowest BCUT2D eigenvalue weighted by Crippen LogP contribution is -1.92. The van der Waals surface area contributed by atoms with E-state index in [4.69, 9.17) is 25.5 Å². The molecule has 18 heavy (non-hydrogen) atoms. The summed E-state index contributed by atoms with van der Waals surface area (Å²) in [5.74, 6) is -3.45. The molecule has 8 heteroatoms. The van der Waals surface area contributed by atoms with Crippen LogP contribution in [-0.4, -0.2) is 56.7 Å². The molecule has 0 aromatic rings. The first-order valence-electron chi connectivity index (χ1n) is 4.43. The van der Waals surface area contributed by atoms with Crippen molar-refractivity contribution in [3.05, 3.63) is 24.3 Å². The van der Waals surface area contributed by atoms with Crippen molar-refractivity contribution < 1.29 is 39.9 Å². The molecular formula is C10H16O8. The summed E-state index contributed by atoms with van der Waals surface area (Å²) in [4.78, 5) is 28.7. The molecule has 0 rings (SSSR count). The Morgan fingerprint density at radius 1 is 0.944 bits per heavy atom. The number of rotatable bonds is 4. The highest BCUT2D eigenvalue weighted by atomic mass is 16.4. The van der Waals surface area contributed by atoms with Crippen LogP contribution in [0.25, 0.3) is 0 Å². The first-order valence-corrected chi connectivity index (χ1v) is 4.43. The molecule has 0 radical (unpaired) electrons. The molecule has 0 aliphatic carbocycles. The Bertz CT molecular complexity index is 275. The van der Waals surface area contributed by atoms with Crippen LogP contribution in [0.1, 0.15) is 6.92 Å². The minimum absolute atomic E-state index is 0.125. The zero-order valence-corrected chi connectivity index (χ0v) is 9.74. The molecule has 0 atom stereocenters. The number of carboxylic acid groups (broad SMARTS) is 3. The lowest BCUT2D eigenvalue weighted by atomic mass is 10.4. The Hall–Kier alpha value is -2.19. The van der Waals surface area contributed by atoms with Gasteiger partial charge in [-0.1, -0.05) is 6.58 Å². The predicted molar refractivity (Wildman–Crippen MR) is 61.0 cm³/mol. The van der Waals surface area contributed by atoms with Gasteiger partial charge < -0.3 is 25.5 Å². The number of aliphatic carboxylic acids is 3. The van der Waals surface area contributed by atoms with Gasteiger partial charge in [-0.3, -0.25) is 0 Å². The number of hydrogen-bond acceptors (Lipinski definition) is 5. The number of carboxylic acids is 3. The fourth-order valence-electron chi connectivity index (χ4n) is 0.143. The number of aliphatic hydroxyl groups is 2. The second kappa shape index (κ2) is 14.8. The third-order valence-electron chi connectivity index (χ3n) is 0.834. The first-order chi connectivity index (χ1) is 8.18. The van der Waals surface area contributed by atoms with Gasteiger partial charge in [0.1, 0.15) is 0 Å². The first kappa shape index (κ1) is 21.1. The Kier molecular flexibility index (Phi) is 17.4. The van der Waals surface area contributed by atoms with Gasteiger partial charge in [0.15, 0.2) is 0 Å². The summed E-state index contributed by atoms with van der Waals surface area (Å²) in [5.41, 5.74) is 0.176. The molecule has 0 fully saturated rings. The maximum atomic E-state index is 9.60. The smallest absolute Gasteiger partial charge is 0.330 e. The van der Waals surface area contributed by atoms with Gasteiger partial charge in [-0.2, -0.15) is 0 Å². The maximum absolute atomic E-state index is 9.60. The summed E-state index contributed by atoms with van der Waals surface area (Å²) < 4.78 is 0. The maximum Gasteiger partial charge on any atom is 0.330 e. The third kappa shape index (κ3) is 37.2. The molecule has 104 valence electrons. The zero-order valence-electron chi connectivity index (χ0n) is 9.74. The van der Waals surface area contributed by atoms with E-state index < -0.39 is 17.9 Å². The Morgan fingerprint density at radius 2 is 1.17 bits per heavy atom. The van der Waals surface area contributed by atoms with Gasteiger partial charge in [0, 0.05) is 17.7 Å². The Labute approximate surface area is 103 Å². The highest BCUT2D eigenvalue weighted by Crippen LogP contribution is 1.81. The molecule has 0 heterocycles. The summed E-state index contributed by atoms with van der Waals surface area (Å²) in [5, 5.41) is 38.8. The molecular weight excluding hydrogens is 248 g/mol. The molecule has 0 aromatic carbocycles. The van der Waals surface area contributed by atoms with Crippen LogP contribution >= 0.6 is 0 Å². The van der Waals surface area contributed by atoms with Crippen LogP contribution in [0.3, 0.4) is 0 Å². The van der Waals surface area contributed by atoms with Crippen LogP contribution in [0.15, 0.2) is 24.3 Å². The fourth-order valence-corrected chi connectivity index (χ4v) is 0.143. The molecule has 0 aliphatic heterocycles. The van der Waals surface area contributed by atoms with Crippen LogP contribution in [0, 0.1) is 0 Å². The van der Waals surface area contributed by atoms with Gasteiger partial charge in [-0.15, -0.1) is 0 Å². The van der Waals surface area contributed by atoms with E-state index in [1.165, 1.54) is 6.92 Å². The Morgan fingerprint density at radius 3 is 1.22 bits per heavy atom. The average molecular weight is 264 g/mol. The standard InChI is InChI=1S/C4H4O4.C4H6O2.C2H6O2/c5-3(6)1-2-4(7)8;1-3(2)4(5)6;3-1-2-4/h1-2H,(H,5,6)(H,7,8);1H2,2H3,(H,5,6);3-4H,1-2H2. The van der Waals surface area contributed by atoms with Crippen molar-refractivity contribution in [2.45, 2.75) is 6.92 Å². The van der Waals surface area contributed by atoms with Gasteiger partial charge in [0.2, 0.25) is 0 Å². The van der Waals surface area contributed by atoms with Crippen molar-refractivity contribution in [2.75, 3.05) is 13.2 Å². The molecule has 8 nitrogen and oxygen atoms in total. The van der Waals surface area contributed by atoms with E-state index in [0.29, 0.717) is 12.2 Å². The number of hydrogen-bond donors (Lipinski definition) is 5. The van der Waals surface area contributed by atoms with Gasteiger partial charge in [0.05, 0.1) is 13.2 Å². The molecule has 0 saturated heterocycles. The topological polar surface area (TPSA) is 152 Å². The number of aliphatic hydroxyl groups excluding tert-OH is 2. The molecule has 5 N–H and O–H groups in total. The normalized spacial score (nSPS) is 8.39. The second-order valence-corrected chi connectivity index (χ2v) is 2.54. The average Bonchev–Trinajstić information content (AvgIpc) is 2.27. The molecule has 0 amide bonds. The van der Waals surface area contributed by atoms with Crippen molar-refractivity contribution >= 4 is 17.9 Å². The molecule has 0 bridgehead atoms. The van der Waals surface area contributed by atoms with Crippen LogP contribution in [-0.2, 0) is 14.4 Å².